The molecule has 0 spiro atoms. The largest absolute Gasteiger partial charge is 0.342 e. The van der Waals surface area contributed by atoms with Crippen molar-refractivity contribution in [3.63, 3.8) is 0 Å². The summed E-state index contributed by atoms with van der Waals surface area (Å²) in [6.07, 6.45) is 7.17. The number of nitrogens with two attached hydrogens (primary N) is 1. The lowest BCUT2D eigenvalue weighted by Crippen LogP contribution is -2.31. The van der Waals surface area contributed by atoms with E-state index in [4.69, 9.17) is 17.3 Å². The summed E-state index contributed by atoms with van der Waals surface area (Å²) in [6.45, 7) is 2.72. The molecule has 0 fully saturated rings. The van der Waals surface area contributed by atoms with E-state index < -0.39 is 11.8 Å². The summed E-state index contributed by atoms with van der Waals surface area (Å²) in [5.74, 6) is -1.23. The predicted molar refractivity (Wildman–Crippen MR) is 117 cm³/mol. The Morgan fingerprint density at radius 1 is 1.23 bits per heavy atom. The SMILES string of the molecule is C/C=C(\C=C/CCN)CCN1C(=O)c2cccc(NC(=O)c3ccc(Cl)[nH]3)c2C1=O. The number of aromatic amines is 1. The number of hydrogen-bond donors (Lipinski definition) is 3. The van der Waals surface area contributed by atoms with Gasteiger partial charge in [0.25, 0.3) is 17.7 Å². The molecule has 0 atom stereocenters. The average molecular weight is 427 g/mol. The van der Waals surface area contributed by atoms with Gasteiger partial charge in [-0.15, -0.1) is 0 Å². The average Bonchev–Trinajstić information content (AvgIpc) is 3.27. The molecule has 2 aromatic rings. The summed E-state index contributed by atoms with van der Waals surface area (Å²) in [5, 5.41) is 3.02. The number of anilines is 1. The molecule has 0 bridgehead atoms. The van der Waals surface area contributed by atoms with E-state index in [0.717, 1.165) is 12.0 Å². The molecule has 1 aromatic heterocycles. The fourth-order valence-electron chi connectivity index (χ4n) is 3.23. The Hall–Kier alpha value is -3.16. The standard InChI is InChI=1S/C22H23ClN4O3/c1-2-14(6-3-4-12-24)11-13-27-21(29)15-7-5-8-16(19(15)22(27)30)26-20(28)17-9-10-18(23)25-17/h2-3,5-10,25H,4,11-13,24H2,1H3,(H,26,28)/b6-3-,14-2+. The quantitative estimate of drug-likeness (QED) is 0.441. The lowest BCUT2D eigenvalue weighted by Gasteiger charge is -2.14. The van der Waals surface area contributed by atoms with Crippen molar-refractivity contribution in [1.82, 2.24) is 9.88 Å². The van der Waals surface area contributed by atoms with Gasteiger partial charge in [-0.25, -0.2) is 0 Å². The minimum Gasteiger partial charge on any atom is -0.342 e. The smallest absolute Gasteiger partial charge is 0.272 e. The van der Waals surface area contributed by atoms with Gasteiger partial charge in [-0.3, -0.25) is 19.3 Å². The first-order chi connectivity index (χ1) is 14.5. The Kier molecular flexibility index (Phi) is 6.87. The number of aromatic nitrogens is 1. The summed E-state index contributed by atoms with van der Waals surface area (Å²) in [4.78, 5) is 42.2. The number of carbonyl (C=O) groups is 3. The number of H-pyrrole nitrogens is 1. The van der Waals surface area contributed by atoms with Crippen molar-refractivity contribution in [2.75, 3.05) is 18.4 Å². The lowest BCUT2D eigenvalue weighted by atomic mass is 10.1. The highest BCUT2D eigenvalue weighted by atomic mass is 35.5. The van der Waals surface area contributed by atoms with Crippen LogP contribution in [0.25, 0.3) is 0 Å². The maximum absolute atomic E-state index is 13.0. The van der Waals surface area contributed by atoms with Crippen LogP contribution in [-0.4, -0.2) is 40.7 Å². The van der Waals surface area contributed by atoms with Gasteiger partial charge in [0, 0.05) is 6.54 Å². The zero-order valence-corrected chi connectivity index (χ0v) is 17.3. The van der Waals surface area contributed by atoms with Gasteiger partial charge in [-0.05, 0) is 50.6 Å². The maximum atomic E-state index is 13.0. The van der Waals surface area contributed by atoms with Gasteiger partial charge in [0.05, 0.1) is 16.8 Å². The van der Waals surface area contributed by atoms with Gasteiger partial charge in [0.15, 0.2) is 0 Å². The highest BCUT2D eigenvalue weighted by molar-refractivity contribution is 6.30. The second-order valence-corrected chi connectivity index (χ2v) is 7.16. The Morgan fingerprint density at radius 2 is 2.03 bits per heavy atom. The summed E-state index contributed by atoms with van der Waals surface area (Å²) in [6, 6.07) is 7.93. The van der Waals surface area contributed by atoms with Crippen LogP contribution in [0.15, 0.2) is 54.1 Å². The van der Waals surface area contributed by atoms with E-state index in [0.29, 0.717) is 18.1 Å². The Balaban J connectivity index is 1.76. The minimum absolute atomic E-state index is 0.203. The van der Waals surface area contributed by atoms with Gasteiger partial charge >= 0.3 is 0 Å². The zero-order chi connectivity index (χ0) is 21.7. The van der Waals surface area contributed by atoms with Gasteiger partial charge in [0.2, 0.25) is 0 Å². The van der Waals surface area contributed by atoms with E-state index in [2.05, 4.69) is 10.3 Å². The number of carbonyl (C=O) groups excluding carboxylic acids is 3. The van der Waals surface area contributed by atoms with Crippen molar-refractivity contribution in [2.45, 2.75) is 19.8 Å². The summed E-state index contributed by atoms with van der Waals surface area (Å²) in [7, 11) is 0. The number of rotatable bonds is 8. The van der Waals surface area contributed by atoms with E-state index in [-0.39, 0.29) is 35.0 Å². The number of nitrogens with zero attached hydrogens (tertiary/aromatic N) is 1. The third-order valence-electron chi connectivity index (χ3n) is 4.80. The number of fused-ring (bicyclic) bond motifs is 1. The van der Waals surface area contributed by atoms with Crippen LogP contribution in [0.4, 0.5) is 5.69 Å². The second kappa shape index (κ2) is 9.56. The monoisotopic (exact) mass is 426 g/mol. The number of benzene rings is 1. The molecule has 3 amide bonds. The van der Waals surface area contributed by atoms with E-state index in [1.165, 1.54) is 11.0 Å². The van der Waals surface area contributed by atoms with Crippen LogP contribution < -0.4 is 11.1 Å². The van der Waals surface area contributed by atoms with E-state index in [1.807, 2.05) is 25.2 Å². The van der Waals surface area contributed by atoms with Crippen LogP contribution in [0.5, 0.6) is 0 Å². The molecule has 0 aliphatic carbocycles. The van der Waals surface area contributed by atoms with Gasteiger partial charge in [0.1, 0.15) is 10.8 Å². The minimum atomic E-state index is -0.449. The van der Waals surface area contributed by atoms with Crippen LogP contribution in [-0.2, 0) is 0 Å². The molecule has 1 aromatic carbocycles. The summed E-state index contributed by atoms with van der Waals surface area (Å²) >= 11 is 5.82. The van der Waals surface area contributed by atoms with Crippen LogP contribution in [0, 0.1) is 0 Å². The molecule has 0 unspecified atom stereocenters. The first kappa shape index (κ1) is 21.5. The van der Waals surface area contributed by atoms with Gasteiger partial charge in [-0.2, -0.15) is 0 Å². The molecule has 8 heteroatoms. The van der Waals surface area contributed by atoms with Crippen LogP contribution in [0.3, 0.4) is 0 Å². The first-order valence-corrected chi connectivity index (χ1v) is 10.0. The van der Waals surface area contributed by atoms with Crippen molar-refractivity contribution < 1.29 is 14.4 Å². The molecule has 0 saturated heterocycles. The third-order valence-corrected chi connectivity index (χ3v) is 5.02. The first-order valence-electron chi connectivity index (χ1n) is 9.63. The predicted octanol–water partition coefficient (Wildman–Crippen LogP) is 3.76. The van der Waals surface area contributed by atoms with Crippen molar-refractivity contribution >= 4 is 35.0 Å². The van der Waals surface area contributed by atoms with Crippen molar-refractivity contribution in [3.8, 4) is 0 Å². The highest BCUT2D eigenvalue weighted by Crippen LogP contribution is 2.30. The number of imide groups is 1. The molecule has 1 aliphatic rings. The van der Waals surface area contributed by atoms with Gasteiger partial charge < -0.3 is 16.0 Å². The fraction of sp³-hybridized carbons (Fsp3) is 0.227. The molecular weight excluding hydrogens is 404 g/mol. The number of halogens is 1. The Labute approximate surface area is 179 Å². The number of allylic oxidation sites excluding steroid dienone is 2. The fourth-order valence-corrected chi connectivity index (χ4v) is 3.39. The van der Waals surface area contributed by atoms with Gasteiger partial charge in [-0.1, -0.05) is 41.5 Å². The molecular formula is C22H23ClN4O3. The lowest BCUT2D eigenvalue weighted by molar-refractivity contribution is 0.0656. The zero-order valence-electron chi connectivity index (χ0n) is 16.6. The highest BCUT2D eigenvalue weighted by Gasteiger charge is 2.37. The van der Waals surface area contributed by atoms with E-state index >= 15 is 0 Å². The molecule has 2 heterocycles. The normalized spacial score (nSPS) is 14.0. The van der Waals surface area contributed by atoms with E-state index in [1.54, 1.807) is 24.3 Å². The van der Waals surface area contributed by atoms with Crippen LogP contribution in [0.2, 0.25) is 5.15 Å². The van der Waals surface area contributed by atoms with Crippen molar-refractivity contribution in [3.05, 3.63) is 76.1 Å². The molecule has 156 valence electrons. The third kappa shape index (κ3) is 4.53. The Morgan fingerprint density at radius 3 is 2.70 bits per heavy atom. The van der Waals surface area contributed by atoms with Crippen molar-refractivity contribution in [2.24, 2.45) is 5.73 Å². The van der Waals surface area contributed by atoms with E-state index in [9.17, 15) is 14.4 Å². The number of amides is 3. The molecule has 1 aliphatic heterocycles. The summed E-state index contributed by atoms with van der Waals surface area (Å²) in [5.41, 5.74) is 7.54. The topological polar surface area (TPSA) is 108 Å². The van der Waals surface area contributed by atoms with Crippen LogP contribution in [0.1, 0.15) is 51.0 Å². The molecule has 30 heavy (non-hydrogen) atoms. The molecule has 7 nitrogen and oxygen atoms in total. The summed E-state index contributed by atoms with van der Waals surface area (Å²) < 4.78 is 0. The Bertz CT molecular complexity index is 1040. The number of hydrogen-bond acceptors (Lipinski definition) is 4. The molecule has 0 saturated carbocycles. The van der Waals surface area contributed by atoms with Crippen LogP contribution >= 0.6 is 11.6 Å². The van der Waals surface area contributed by atoms with Crippen molar-refractivity contribution in [1.29, 1.82) is 0 Å². The maximum Gasteiger partial charge on any atom is 0.272 e. The second-order valence-electron chi connectivity index (χ2n) is 6.76. The number of nitrogens with one attached hydrogen (secondary N) is 2. The molecule has 3 rings (SSSR count). The molecule has 0 radical (unpaired) electrons. The molecule has 4 N–H and O–H groups in total.